The molecule has 0 aliphatic heterocycles. The molecule has 0 amide bonds. The molecule has 18 heavy (non-hydrogen) atoms. The molecule has 0 spiro atoms. The Morgan fingerprint density at radius 1 is 1.28 bits per heavy atom. The zero-order chi connectivity index (χ0) is 13.6. The van der Waals surface area contributed by atoms with Gasteiger partial charge in [-0.2, -0.15) is 0 Å². The third-order valence-electron chi connectivity index (χ3n) is 4.50. The Morgan fingerprint density at radius 2 is 1.89 bits per heavy atom. The minimum atomic E-state index is -0.0753. The summed E-state index contributed by atoms with van der Waals surface area (Å²) in [5.74, 6) is 0.913. The zero-order valence-electron chi connectivity index (χ0n) is 12.4. The lowest BCUT2D eigenvalue weighted by Crippen LogP contribution is -2.40. The Balaban J connectivity index is 2.38. The van der Waals surface area contributed by atoms with E-state index in [0.717, 1.165) is 24.3 Å². The summed E-state index contributed by atoms with van der Waals surface area (Å²) in [5, 5.41) is 0.962. The standard InChI is InChI=1S/C15H29BrO2/c1-5-13-6-8-15(12-16,9-7-13)18-11-10-14(2,3)17-4/h13H,5-12H2,1-4H3. The van der Waals surface area contributed by atoms with E-state index in [1.807, 2.05) is 0 Å². The minimum absolute atomic E-state index is 0.0753. The maximum absolute atomic E-state index is 6.22. The van der Waals surface area contributed by atoms with E-state index in [1.165, 1.54) is 32.1 Å². The van der Waals surface area contributed by atoms with Crippen molar-refractivity contribution in [2.75, 3.05) is 19.0 Å². The van der Waals surface area contributed by atoms with Crippen LogP contribution in [-0.4, -0.2) is 30.2 Å². The van der Waals surface area contributed by atoms with Gasteiger partial charge in [0.1, 0.15) is 0 Å². The molecule has 0 aromatic heterocycles. The monoisotopic (exact) mass is 320 g/mol. The average Bonchev–Trinajstić information content (AvgIpc) is 2.39. The zero-order valence-corrected chi connectivity index (χ0v) is 14.0. The molecule has 1 saturated carbocycles. The predicted molar refractivity (Wildman–Crippen MR) is 80.4 cm³/mol. The van der Waals surface area contributed by atoms with Crippen LogP contribution in [0.2, 0.25) is 0 Å². The fourth-order valence-corrected chi connectivity index (χ4v) is 3.27. The fourth-order valence-electron chi connectivity index (χ4n) is 2.54. The van der Waals surface area contributed by atoms with E-state index in [1.54, 1.807) is 7.11 Å². The molecule has 0 N–H and O–H groups in total. The molecule has 0 aromatic rings. The summed E-state index contributed by atoms with van der Waals surface area (Å²) in [4.78, 5) is 0. The first kappa shape index (κ1) is 16.5. The van der Waals surface area contributed by atoms with Crippen molar-refractivity contribution in [1.82, 2.24) is 0 Å². The van der Waals surface area contributed by atoms with E-state index in [2.05, 4.69) is 36.7 Å². The van der Waals surface area contributed by atoms with Crippen molar-refractivity contribution in [2.24, 2.45) is 5.92 Å². The summed E-state index contributed by atoms with van der Waals surface area (Å²) in [5.41, 5.74) is 0.00359. The van der Waals surface area contributed by atoms with Crippen molar-refractivity contribution < 1.29 is 9.47 Å². The highest BCUT2D eigenvalue weighted by Crippen LogP contribution is 2.37. The average molecular weight is 321 g/mol. The second kappa shape index (κ2) is 7.25. The van der Waals surface area contributed by atoms with E-state index < -0.39 is 0 Å². The lowest BCUT2D eigenvalue weighted by atomic mass is 9.78. The Kier molecular flexibility index (Phi) is 6.63. The summed E-state index contributed by atoms with van der Waals surface area (Å²) in [6.07, 6.45) is 7.30. The van der Waals surface area contributed by atoms with Crippen molar-refractivity contribution >= 4 is 15.9 Å². The fraction of sp³-hybridized carbons (Fsp3) is 1.00. The molecule has 2 nitrogen and oxygen atoms in total. The summed E-state index contributed by atoms with van der Waals surface area (Å²) in [7, 11) is 1.77. The first-order valence-electron chi connectivity index (χ1n) is 7.22. The van der Waals surface area contributed by atoms with Crippen LogP contribution < -0.4 is 0 Å². The van der Waals surface area contributed by atoms with Crippen LogP contribution in [-0.2, 0) is 9.47 Å². The van der Waals surface area contributed by atoms with Gasteiger partial charge in [0.15, 0.2) is 0 Å². The van der Waals surface area contributed by atoms with Crippen molar-refractivity contribution in [2.45, 2.75) is 70.5 Å². The van der Waals surface area contributed by atoms with Crippen LogP contribution in [0.15, 0.2) is 0 Å². The van der Waals surface area contributed by atoms with E-state index >= 15 is 0 Å². The van der Waals surface area contributed by atoms with Gasteiger partial charge in [0, 0.05) is 12.4 Å². The first-order valence-corrected chi connectivity index (χ1v) is 8.34. The van der Waals surface area contributed by atoms with Gasteiger partial charge in [-0.3, -0.25) is 0 Å². The Hall–Kier alpha value is 0.400. The van der Waals surface area contributed by atoms with Crippen molar-refractivity contribution in [3.8, 4) is 0 Å². The summed E-state index contributed by atoms with van der Waals surface area (Å²) < 4.78 is 11.7. The molecule has 0 heterocycles. The van der Waals surface area contributed by atoms with Gasteiger partial charge in [0.25, 0.3) is 0 Å². The van der Waals surface area contributed by atoms with Gasteiger partial charge in [0.05, 0.1) is 17.8 Å². The van der Waals surface area contributed by atoms with Gasteiger partial charge in [0.2, 0.25) is 0 Å². The highest BCUT2D eigenvalue weighted by Gasteiger charge is 2.35. The maximum atomic E-state index is 6.22. The van der Waals surface area contributed by atoms with Gasteiger partial charge in [-0.25, -0.2) is 0 Å². The third kappa shape index (κ3) is 4.82. The topological polar surface area (TPSA) is 18.5 Å². The van der Waals surface area contributed by atoms with Crippen LogP contribution in [0.25, 0.3) is 0 Å². The molecule has 0 bridgehead atoms. The number of methoxy groups -OCH3 is 1. The molecule has 0 unspecified atom stereocenters. The van der Waals surface area contributed by atoms with Crippen molar-refractivity contribution in [3.63, 3.8) is 0 Å². The molecule has 1 rings (SSSR count). The normalized spacial score (nSPS) is 29.5. The minimum Gasteiger partial charge on any atom is -0.379 e. The quantitative estimate of drug-likeness (QED) is 0.640. The van der Waals surface area contributed by atoms with Crippen LogP contribution in [0.3, 0.4) is 0 Å². The lowest BCUT2D eigenvalue weighted by molar-refractivity contribution is -0.0842. The van der Waals surface area contributed by atoms with Crippen molar-refractivity contribution in [1.29, 1.82) is 0 Å². The lowest BCUT2D eigenvalue weighted by Gasteiger charge is -2.39. The van der Waals surface area contributed by atoms with Gasteiger partial charge < -0.3 is 9.47 Å². The van der Waals surface area contributed by atoms with Gasteiger partial charge >= 0.3 is 0 Å². The molecule has 0 radical (unpaired) electrons. The van der Waals surface area contributed by atoms with Gasteiger partial charge in [-0.15, -0.1) is 0 Å². The highest BCUT2D eigenvalue weighted by molar-refractivity contribution is 9.09. The highest BCUT2D eigenvalue weighted by atomic mass is 79.9. The number of hydrogen-bond donors (Lipinski definition) is 0. The van der Waals surface area contributed by atoms with Crippen LogP contribution in [0.4, 0.5) is 0 Å². The van der Waals surface area contributed by atoms with Crippen molar-refractivity contribution in [3.05, 3.63) is 0 Å². The Morgan fingerprint density at radius 3 is 2.33 bits per heavy atom. The second-order valence-corrected chi connectivity index (χ2v) is 6.79. The van der Waals surface area contributed by atoms with Gasteiger partial charge in [-0.05, 0) is 51.9 Å². The largest absolute Gasteiger partial charge is 0.379 e. The SMILES string of the molecule is CCC1CCC(CBr)(OCCC(C)(C)OC)CC1. The second-order valence-electron chi connectivity index (χ2n) is 6.23. The first-order chi connectivity index (χ1) is 8.47. The van der Waals surface area contributed by atoms with E-state index in [-0.39, 0.29) is 11.2 Å². The molecule has 108 valence electrons. The molecular formula is C15H29BrO2. The van der Waals surface area contributed by atoms with Gasteiger partial charge in [-0.1, -0.05) is 29.3 Å². The third-order valence-corrected chi connectivity index (χ3v) is 5.52. The smallest absolute Gasteiger partial charge is 0.0779 e. The number of ether oxygens (including phenoxy) is 2. The molecule has 1 aliphatic rings. The number of rotatable bonds is 7. The van der Waals surface area contributed by atoms with E-state index in [0.29, 0.717) is 0 Å². The molecule has 0 aromatic carbocycles. The van der Waals surface area contributed by atoms with E-state index in [9.17, 15) is 0 Å². The van der Waals surface area contributed by atoms with Crippen LogP contribution in [0, 0.1) is 5.92 Å². The predicted octanol–water partition coefficient (Wildman–Crippen LogP) is 4.55. The van der Waals surface area contributed by atoms with Crippen LogP contribution >= 0.6 is 15.9 Å². The maximum Gasteiger partial charge on any atom is 0.0779 e. The Labute approximate surface area is 121 Å². The van der Waals surface area contributed by atoms with Crippen LogP contribution in [0.1, 0.15) is 59.3 Å². The molecule has 0 atom stereocenters. The molecule has 1 fully saturated rings. The number of halogens is 1. The number of hydrogen-bond acceptors (Lipinski definition) is 2. The summed E-state index contributed by atoms with van der Waals surface area (Å²) in [6, 6.07) is 0. The van der Waals surface area contributed by atoms with E-state index in [4.69, 9.17) is 9.47 Å². The molecular weight excluding hydrogens is 292 g/mol. The van der Waals surface area contributed by atoms with Crippen LogP contribution in [0.5, 0.6) is 0 Å². The Bertz CT molecular complexity index is 233. The molecule has 3 heteroatoms. The number of alkyl halides is 1. The summed E-state index contributed by atoms with van der Waals surface area (Å²) >= 11 is 3.65. The molecule has 1 aliphatic carbocycles. The molecule has 0 saturated heterocycles. The summed E-state index contributed by atoms with van der Waals surface area (Å²) in [6.45, 7) is 7.33.